The minimum atomic E-state index is 0.437. The van der Waals surface area contributed by atoms with Crippen molar-refractivity contribution in [2.75, 3.05) is 0 Å². The Bertz CT molecular complexity index is 286. The van der Waals surface area contributed by atoms with Crippen LogP contribution in [0.1, 0.15) is 11.5 Å². The molecule has 0 bridgehead atoms. The number of hydrogen-bond acceptors (Lipinski definition) is 1. The Morgan fingerprint density at radius 3 is 2.25 bits per heavy atom. The normalized spacial score (nSPS) is 16.0. The predicted molar refractivity (Wildman–Crippen MR) is 50.6 cm³/mol. The quantitative estimate of drug-likeness (QED) is 0.660. The van der Waals surface area contributed by atoms with Crippen LogP contribution in [-0.2, 0) is 0 Å². The highest BCUT2D eigenvalue weighted by Gasteiger charge is 2.03. The van der Waals surface area contributed by atoms with Crippen molar-refractivity contribution in [3.05, 3.63) is 60.4 Å². The van der Waals surface area contributed by atoms with Crippen molar-refractivity contribution >= 4 is 0 Å². The van der Waals surface area contributed by atoms with E-state index in [9.17, 15) is 0 Å². The Labute approximate surface area is 72.4 Å². The molecule has 0 fully saturated rings. The molecule has 1 aromatic carbocycles. The van der Waals surface area contributed by atoms with Gasteiger partial charge in [0.05, 0.1) is 0 Å². The molecular formula is C11H11N. The first-order valence-corrected chi connectivity index (χ1v) is 4.11. The number of dihydropyridines is 1. The summed E-state index contributed by atoms with van der Waals surface area (Å²) in [6.45, 7) is 0. The van der Waals surface area contributed by atoms with Crippen LogP contribution >= 0.6 is 0 Å². The van der Waals surface area contributed by atoms with E-state index in [1.807, 2.05) is 18.5 Å². The second kappa shape index (κ2) is 3.26. The molecule has 2 rings (SSSR count). The molecule has 0 aromatic heterocycles. The van der Waals surface area contributed by atoms with Gasteiger partial charge in [-0.1, -0.05) is 42.5 Å². The average molecular weight is 157 g/mol. The van der Waals surface area contributed by atoms with Gasteiger partial charge in [-0.2, -0.15) is 0 Å². The molecule has 0 radical (unpaired) electrons. The van der Waals surface area contributed by atoms with Crippen LogP contribution < -0.4 is 5.32 Å². The van der Waals surface area contributed by atoms with Crippen LogP contribution in [0.3, 0.4) is 0 Å². The molecule has 1 heteroatoms. The van der Waals surface area contributed by atoms with Crippen LogP contribution in [0, 0.1) is 0 Å². The van der Waals surface area contributed by atoms with E-state index in [0.717, 1.165) is 0 Å². The highest BCUT2D eigenvalue weighted by molar-refractivity contribution is 5.29. The molecule has 1 aromatic rings. The van der Waals surface area contributed by atoms with Gasteiger partial charge in [-0.15, -0.1) is 0 Å². The number of rotatable bonds is 1. The first-order chi connectivity index (χ1) is 5.97. The molecule has 1 heterocycles. The fourth-order valence-corrected chi connectivity index (χ4v) is 1.34. The van der Waals surface area contributed by atoms with E-state index in [0.29, 0.717) is 5.92 Å². The number of allylic oxidation sites excluding steroid dienone is 2. The van der Waals surface area contributed by atoms with Crippen LogP contribution in [0.15, 0.2) is 54.9 Å². The van der Waals surface area contributed by atoms with E-state index < -0.39 is 0 Å². The topological polar surface area (TPSA) is 12.0 Å². The molecule has 1 aliphatic rings. The number of benzene rings is 1. The smallest absolute Gasteiger partial charge is 0.0232 e. The van der Waals surface area contributed by atoms with Crippen molar-refractivity contribution in [3.8, 4) is 0 Å². The average Bonchev–Trinajstić information content (AvgIpc) is 2.21. The van der Waals surface area contributed by atoms with Crippen LogP contribution in [0.25, 0.3) is 0 Å². The fourth-order valence-electron chi connectivity index (χ4n) is 1.34. The predicted octanol–water partition coefficient (Wildman–Crippen LogP) is 2.40. The molecule has 0 amide bonds. The van der Waals surface area contributed by atoms with E-state index in [1.54, 1.807) is 0 Å². The minimum Gasteiger partial charge on any atom is -0.368 e. The summed E-state index contributed by atoms with van der Waals surface area (Å²) in [4.78, 5) is 0. The zero-order valence-corrected chi connectivity index (χ0v) is 6.77. The van der Waals surface area contributed by atoms with E-state index in [-0.39, 0.29) is 0 Å². The Hall–Kier alpha value is -1.50. The van der Waals surface area contributed by atoms with Crippen molar-refractivity contribution in [1.82, 2.24) is 5.32 Å². The first-order valence-electron chi connectivity index (χ1n) is 4.11. The van der Waals surface area contributed by atoms with E-state index in [1.165, 1.54) is 5.56 Å². The summed E-state index contributed by atoms with van der Waals surface area (Å²) in [6, 6.07) is 10.5. The lowest BCUT2D eigenvalue weighted by molar-refractivity contribution is 0.995. The van der Waals surface area contributed by atoms with E-state index >= 15 is 0 Å². The second-order valence-corrected chi connectivity index (χ2v) is 2.82. The SMILES string of the molecule is C1=CC(c2ccccc2)C=CN1. The summed E-state index contributed by atoms with van der Waals surface area (Å²) in [7, 11) is 0. The van der Waals surface area contributed by atoms with Gasteiger partial charge in [0.15, 0.2) is 0 Å². The number of hydrogen-bond donors (Lipinski definition) is 1. The monoisotopic (exact) mass is 157 g/mol. The molecule has 0 atom stereocenters. The standard InChI is InChI=1S/C11H11N/c1-2-4-10(5-3-1)11-6-8-12-9-7-11/h1-9,11-12H. The van der Waals surface area contributed by atoms with Gasteiger partial charge in [0.2, 0.25) is 0 Å². The van der Waals surface area contributed by atoms with Crippen LogP contribution in [-0.4, -0.2) is 0 Å². The van der Waals surface area contributed by atoms with E-state index in [2.05, 4.69) is 41.7 Å². The molecule has 0 unspecified atom stereocenters. The molecule has 1 N–H and O–H groups in total. The lowest BCUT2D eigenvalue weighted by atomic mass is 9.98. The van der Waals surface area contributed by atoms with Crippen molar-refractivity contribution < 1.29 is 0 Å². The van der Waals surface area contributed by atoms with Gasteiger partial charge in [-0.05, 0) is 18.0 Å². The Kier molecular flexibility index (Phi) is 1.95. The molecule has 1 aliphatic heterocycles. The van der Waals surface area contributed by atoms with Gasteiger partial charge in [0, 0.05) is 5.92 Å². The highest BCUT2D eigenvalue weighted by atomic mass is 14.8. The lowest BCUT2D eigenvalue weighted by Gasteiger charge is -2.11. The van der Waals surface area contributed by atoms with Crippen LogP contribution in [0.4, 0.5) is 0 Å². The van der Waals surface area contributed by atoms with Crippen LogP contribution in [0.2, 0.25) is 0 Å². The van der Waals surface area contributed by atoms with E-state index in [4.69, 9.17) is 0 Å². The third kappa shape index (κ3) is 1.40. The summed E-state index contributed by atoms with van der Waals surface area (Å²) in [5.74, 6) is 0.437. The molecule has 0 aliphatic carbocycles. The van der Waals surface area contributed by atoms with Gasteiger partial charge in [-0.25, -0.2) is 0 Å². The van der Waals surface area contributed by atoms with Gasteiger partial charge < -0.3 is 5.32 Å². The van der Waals surface area contributed by atoms with Gasteiger partial charge >= 0.3 is 0 Å². The van der Waals surface area contributed by atoms with Crippen LogP contribution in [0.5, 0.6) is 0 Å². The molecule has 12 heavy (non-hydrogen) atoms. The Morgan fingerprint density at radius 2 is 1.58 bits per heavy atom. The summed E-state index contributed by atoms with van der Waals surface area (Å²) in [6.07, 6.45) is 8.24. The second-order valence-electron chi connectivity index (χ2n) is 2.82. The van der Waals surface area contributed by atoms with Gasteiger partial charge in [0.25, 0.3) is 0 Å². The fraction of sp³-hybridized carbons (Fsp3) is 0.0909. The molecule has 1 nitrogen and oxygen atoms in total. The van der Waals surface area contributed by atoms with Crippen molar-refractivity contribution in [2.24, 2.45) is 0 Å². The van der Waals surface area contributed by atoms with Crippen molar-refractivity contribution in [3.63, 3.8) is 0 Å². The minimum absolute atomic E-state index is 0.437. The molecule has 0 saturated carbocycles. The third-order valence-corrected chi connectivity index (χ3v) is 1.98. The Morgan fingerprint density at radius 1 is 0.917 bits per heavy atom. The molecule has 60 valence electrons. The highest BCUT2D eigenvalue weighted by Crippen LogP contribution is 2.19. The molecular weight excluding hydrogens is 146 g/mol. The van der Waals surface area contributed by atoms with Crippen molar-refractivity contribution in [1.29, 1.82) is 0 Å². The third-order valence-electron chi connectivity index (χ3n) is 1.98. The zero-order chi connectivity index (χ0) is 8.23. The largest absolute Gasteiger partial charge is 0.368 e. The van der Waals surface area contributed by atoms with Gasteiger partial charge in [0.1, 0.15) is 0 Å². The lowest BCUT2D eigenvalue weighted by Crippen LogP contribution is -2.02. The maximum atomic E-state index is 3.02. The first kappa shape index (κ1) is 7.17. The summed E-state index contributed by atoms with van der Waals surface area (Å²) >= 11 is 0. The molecule has 0 spiro atoms. The summed E-state index contributed by atoms with van der Waals surface area (Å²) < 4.78 is 0. The van der Waals surface area contributed by atoms with Crippen molar-refractivity contribution in [2.45, 2.75) is 5.92 Å². The zero-order valence-electron chi connectivity index (χ0n) is 6.77. The van der Waals surface area contributed by atoms with Gasteiger partial charge in [-0.3, -0.25) is 0 Å². The number of nitrogens with one attached hydrogen (secondary N) is 1. The maximum Gasteiger partial charge on any atom is 0.0232 e. The Balaban J connectivity index is 2.25. The summed E-state index contributed by atoms with van der Waals surface area (Å²) in [5, 5.41) is 3.02. The maximum absolute atomic E-state index is 3.02. The summed E-state index contributed by atoms with van der Waals surface area (Å²) in [5.41, 5.74) is 1.34. The molecule has 0 saturated heterocycles.